The molecule has 1 aromatic carbocycles. The van der Waals surface area contributed by atoms with E-state index in [1.165, 1.54) is 16.7 Å². The third-order valence-electron chi connectivity index (χ3n) is 3.90. The maximum Gasteiger partial charge on any atom is 0.150 e. The molecule has 2 unspecified atom stereocenters. The molecule has 0 spiro atoms. The first-order valence-corrected chi connectivity index (χ1v) is 8.20. The maximum absolute atomic E-state index is 11.6. The number of rotatable bonds is 3. The minimum atomic E-state index is -2.82. The van der Waals surface area contributed by atoms with Crippen LogP contribution in [0.2, 0.25) is 0 Å². The molecule has 2 atom stereocenters. The molecule has 4 heteroatoms. The van der Waals surface area contributed by atoms with Gasteiger partial charge in [-0.15, -0.1) is 0 Å². The summed E-state index contributed by atoms with van der Waals surface area (Å²) in [5, 5.41) is 3.32. The van der Waals surface area contributed by atoms with Gasteiger partial charge in [0.15, 0.2) is 9.84 Å². The molecule has 1 N–H and O–H groups in total. The lowest BCUT2D eigenvalue weighted by molar-refractivity contribution is 0.415. The first kappa shape index (κ1) is 13.6. The van der Waals surface area contributed by atoms with Crippen LogP contribution in [0.3, 0.4) is 0 Å². The minimum absolute atomic E-state index is 0.142. The van der Waals surface area contributed by atoms with E-state index in [1.807, 2.05) is 13.1 Å². The highest BCUT2D eigenvalue weighted by Gasteiger charge is 2.34. The van der Waals surface area contributed by atoms with Crippen molar-refractivity contribution in [2.45, 2.75) is 26.3 Å². The quantitative estimate of drug-likeness (QED) is 0.911. The summed E-state index contributed by atoms with van der Waals surface area (Å²) in [6, 6.07) is 6.38. The Hall–Kier alpha value is -0.870. The van der Waals surface area contributed by atoms with Crippen molar-refractivity contribution >= 4 is 9.84 Å². The van der Waals surface area contributed by atoms with E-state index in [4.69, 9.17) is 0 Å². The summed E-state index contributed by atoms with van der Waals surface area (Å²) >= 11 is 0. The molecular formula is C14H21NO2S. The van der Waals surface area contributed by atoms with E-state index in [0.29, 0.717) is 11.5 Å². The summed E-state index contributed by atoms with van der Waals surface area (Å²) in [7, 11) is -0.906. The smallest absolute Gasteiger partial charge is 0.150 e. The highest BCUT2D eigenvalue weighted by molar-refractivity contribution is 7.91. The van der Waals surface area contributed by atoms with Crippen molar-refractivity contribution in [2.24, 2.45) is 5.92 Å². The van der Waals surface area contributed by atoms with Crippen molar-refractivity contribution < 1.29 is 8.42 Å². The van der Waals surface area contributed by atoms with Crippen LogP contribution in [0.5, 0.6) is 0 Å². The summed E-state index contributed by atoms with van der Waals surface area (Å²) in [5.41, 5.74) is 3.74. The number of nitrogens with one attached hydrogen (secondary N) is 1. The van der Waals surface area contributed by atoms with E-state index in [0.717, 1.165) is 6.42 Å². The number of hydrogen-bond acceptors (Lipinski definition) is 3. The van der Waals surface area contributed by atoms with E-state index in [1.54, 1.807) is 0 Å². The number of hydrogen-bond donors (Lipinski definition) is 1. The summed E-state index contributed by atoms with van der Waals surface area (Å²) in [6.07, 6.45) is 0.765. The van der Waals surface area contributed by atoms with Crippen LogP contribution in [0.15, 0.2) is 18.2 Å². The van der Waals surface area contributed by atoms with Crippen LogP contribution in [0.4, 0.5) is 0 Å². The van der Waals surface area contributed by atoms with Gasteiger partial charge in [0, 0.05) is 6.04 Å². The highest BCUT2D eigenvalue weighted by Crippen LogP contribution is 2.34. The zero-order valence-electron chi connectivity index (χ0n) is 11.2. The molecule has 3 nitrogen and oxygen atoms in total. The average Bonchev–Trinajstić information content (AvgIpc) is 2.64. The van der Waals surface area contributed by atoms with Crippen molar-refractivity contribution in [1.29, 1.82) is 0 Å². The van der Waals surface area contributed by atoms with Crippen LogP contribution >= 0.6 is 0 Å². The SMILES string of the molecule is CNC(c1c(C)cccc1C)C1CCS(=O)(=O)C1. The Morgan fingerprint density at radius 3 is 2.33 bits per heavy atom. The second kappa shape index (κ2) is 5.02. The van der Waals surface area contributed by atoms with Crippen molar-refractivity contribution in [1.82, 2.24) is 5.32 Å². The van der Waals surface area contributed by atoms with Gasteiger partial charge in [-0.05, 0) is 49.9 Å². The van der Waals surface area contributed by atoms with E-state index >= 15 is 0 Å². The Kier molecular flexibility index (Phi) is 3.78. The molecular weight excluding hydrogens is 246 g/mol. The minimum Gasteiger partial charge on any atom is -0.313 e. The van der Waals surface area contributed by atoms with Crippen molar-refractivity contribution in [3.8, 4) is 0 Å². The van der Waals surface area contributed by atoms with Crippen LogP contribution in [0.25, 0.3) is 0 Å². The molecule has 0 aromatic heterocycles. The third-order valence-corrected chi connectivity index (χ3v) is 5.70. The Labute approximate surface area is 110 Å². The van der Waals surface area contributed by atoms with Crippen LogP contribution in [0.1, 0.15) is 29.2 Å². The fourth-order valence-corrected chi connectivity index (χ4v) is 4.86. The lowest BCUT2D eigenvalue weighted by Crippen LogP contribution is -2.27. The van der Waals surface area contributed by atoms with Gasteiger partial charge < -0.3 is 5.32 Å². The van der Waals surface area contributed by atoms with Gasteiger partial charge in [0.25, 0.3) is 0 Å². The van der Waals surface area contributed by atoms with Crippen LogP contribution in [-0.4, -0.2) is 27.0 Å². The second-order valence-electron chi connectivity index (χ2n) is 5.23. The lowest BCUT2D eigenvalue weighted by Gasteiger charge is -2.26. The van der Waals surface area contributed by atoms with E-state index in [9.17, 15) is 8.42 Å². The molecule has 1 heterocycles. The predicted molar refractivity (Wildman–Crippen MR) is 74.5 cm³/mol. The Morgan fingerprint density at radius 2 is 1.89 bits per heavy atom. The van der Waals surface area contributed by atoms with E-state index < -0.39 is 9.84 Å². The van der Waals surface area contributed by atoms with E-state index in [-0.39, 0.29) is 12.0 Å². The largest absolute Gasteiger partial charge is 0.313 e. The van der Waals surface area contributed by atoms with Gasteiger partial charge in [-0.25, -0.2) is 8.42 Å². The maximum atomic E-state index is 11.6. The van der Waals surface area contributed by atoms with Crippen LogP contribution < -0.4 is 5.32 Å². The van der Waals surface area contributed by atoms with Gasteiger partial charge in [-0.2, -0.15) is 0 Å². The molecule has 0 radical (unpaired) electrons. The van der Waals surface area contributed by atoms with Crippen molar-refractivity contribution in [3.05, 3.63) is 34.9 Å². The molecule has 1 aliphatic heterocycles. The van der Waals surface area contributed by atoms with Crippen LogP contribution in [0, 0.1) is 19.8 Å². The van der Waals surface area contributed by atoms with Crippen LogP contribution in [-0.2, 0) is 9.84 Å². The van der Waals surface area contributed by atoms with Gasteiger partial charge in [0.1, 0.15) is 0 Å². The molecule has 2 rings (SSSR count). The van der Waals surface area contributed by atoms with Gasteiger partial charge in [0.05, 0.1) is 11.5 Å². The Bertz CT molecular complexity index is 516. The number of benzene rings is 1. The topological polar surface area (TPSA) is 46.2 Å². The number of aryl methyl sites for hydroxylation is 2. The van der Waals surface area contributed by atoms with Crippen molar-refractivity contribution in [3.63, 3.8) is 0 Å². The Balaban J connectivity index is 2.35. The monoisotopic (exact) mass is 267 g/mol. The lowest BCUT2D eigenvalue weighted by atomic mass is 9.87. The molecule has 0 bridgehead atoms. The summed E-state index contributed by atoms with van der Waals surface area (Å²) in [4.78, 5) is 0. The first-order valence-electron chi connectivity index (χ1n) is 6.38. The van der Waals surface area contributed by atoms with Crippen molar-refractivity contribution in [2.75, 3.05) is 18.6 Å². The predicted octanol–water partition coefficient (Wildman–Crippen LogP) is 2.00. The van der Waals surface area contributed by atoms with Gasteiger partial charge in [-0.1, -0.05) is 18.2 Å². The second-order valence-corrected chi connectivity index (χ2v) is 7.46. The fourth-order valence-electron chi connectivity index (χ4n) is 3.02. The highest BCUT2D eigenvalue weighted by atomic mass is 32.2. The zero-order valence-corrected chi connectivity index (χ0v) is 12.0. The normalized spacial score (nSPS) is 24.1. The summed E-state index contributed by atoms with van der Waals surface area (Å²) < 4.78 is 23.3. The molecule has 0 saturated carbocycles. The Morgan fingerprint density at radius 1 is 1.28 bits per heavy atom. The molecule has 0 amide bonds. The molecule has 1 aromatic rings. The fraction of sp³-hybridized carbons (Fsp3) is 0.571. The average molecular weight is 267 g/mol. The summed E-state index contributed by atoms with van der Waals surface area (Å²) in [6.45, 7) is 4.19. The molecule has 1 fully saturated rings. The van der Waals surface area contributed by atoms with Gasteiger partial charge >= 0.3 is 0 Å². The molecule has 100 valence electrons. The molecule has 0 aliphatic carbocycles. The third kappa shape index (κ3) is 2.59. The molecule has 1 saturated heterocycles. The van der Waals surface area contributed by atoms with E-state index in [2.05, 4.69) is 31.3 Å². The first-order chi connectivity index (χ1) is 8.44. The zero-order chi connectivity index (χ0) is 13.3. The van der Waals surface area contributed by atoms with Gasteiger partial charge in [0.2, 0.25) is 0 Å². The summed E-state index contributed by atoms with van der Waals surface area (Å²) in [5.74, 6) is 0.840. The van der Waals surface area contributed by atoms with Gasteiger partial charge in [-0.3, -0.25) is 0 Å². The number of sulfone groups is 1. The molecule has 18 heavy (non-hydrogen) atoms. The standard InChI is InChI=1S/C14H21NO2S/c1-10-5-4-6-11(2)13(10)14(15-3)12-7-8-18(16,17)9-12/h4-6,12,14-15H,7-9H2,1-3H3. The molecule has 1 aliphatic rings.